The lowest BCUT2D eigenvalue weighted by atomic mass is 10.2. The summed E-state index contributed by atoms with van der Waals surface area (Å²) in [6.07, 6.45) is 1.06. The van der Waals surface area contributed by atoms with Crippen LogP contribution in [0.25, 0.3) is 11.5 Å². The first-order valence-corrected chi connectivity index (χ1v) is 6.21. The van der Waals surface area contributed by atoms with E-state index in [1.54, 1.807) is 0 Å². The lowest BCUT2D eigenvalue weighted by molar-refractivity contribution is 0.0564. The van der Waals surface area contributed by atoms with E-state index in [-0.39, 0.29) is 22.9 Å². The Bertz CT molecular complexity index is 682. The van der Waals surface area contributed by atoms with Crippen molar-refractivity contribution in [1.82, 2.24) is 4.98 Å². The fraction of sp³-hybridized carbons (Fsp3) is 0.286. The molecule has 112 valence electrons. The summed E-state index contributed by atoms with van der Waals surface area (Å²) >= 11 is 0. The first-order valence-electron chi connectivity index (χ1n) is 6.21. The highest BCUT2D eigenvalue weighted by atomic mass is 19.2. The van der Waals surface area contributed by atoms with E-state index in [0.717, 1.165) is 12.1 Å². The molecule has 7 heteroatoms. The van der Waals surface area contributed by atoms with E-state index in [0.29, 0.717) is 12.8 Å². The van der Waals surface area contributed by atoms with E-state index in [4.69, 9.17) is 4.42 Å². The number of methoxy groups -OCH3 is 1. The van der Waals surface area contributed by atoms with Crippen LogP contribution >= 0.6 is 0 Å². The van der Waals surface area contributed by atoms with Crippen LogP contribution in [0.15, 0.2) is 16.5 Å². The fourth-order valence-corrected chi connectivity index (χ4v) is 1.82. The standard InChI is InChI=1S/C14H12F3NO3/c1-3-4-9-12(14(19)20-2)21-13(18-9)7-5-6-8(15)11(17)10(7)16/h5-6H,3-4H2,1-2H3. The number of rotatable bonds is 4. The number of halogens is 3. The average Bonchev–Trinajstić information content (AvgIpc) is 2.88. The topological polar surface area (TPSA) is 52.3 Å². The van der Waals surface area contributed by atoms with Crippen molar-refractivity contribution in [2.24, 2.45) is 0 Å². The van der Waals surface area contributed by atoms with Crippen LogP contribution in [-0.2, 0) is 11.2 Å². The molecule has 2 rings (SSSR count). The Morgan fingerprint density at radius 2 is 2.00 bits per heavy atom. The van der Waals surface area contributed by atoms with Crippen LogP contribution in [0.5, 0.6) is 0 Å². The molecule has 0 saturated carbocycles. The van der Waals surface area contributed by atoms with Gasteiger partial charge >= 0.3 is 5.97 Å². The quantitative estimate of drug-likeness (QED) is 0.640. The Morgan fingerprint density at radius 1 is 1.29 bits per heavy atom. The maximum Gasteiger partial charge on any atom is 0.376 e. The fourth-order valence-electron chi connectivity index (χ4n) is 1.82. The van der Waals surface area contributed by atoms with Crippen molar-refractivity contribution in [2.45, 2.75) is 19.8 Å². The van der Waals surface area contributed by atoms with Crippen molar-refractivity contribution in [3.8, 4) is 11.5 Å². The molecule has 0 aliphatic rings. The van der Waals surface area contributed by atoms with Crippen molar-refractivity contribution < 1.29 is 27.1 Å². The zero-order chi connectivity index (χ0) is 15.6. The van der Waals surface area contributed by atoms with E-state index in [1.807, 2.05) is 6.92 Å². The Morgan fingerprint density at radius 3 is 2.62 bits per heavy atom. The van der Waals surface area contributed by atoms with E-state index < -0.39 is 23.4 Å². The van der Waals surface area contributed by atoms with Crippen LogP contribution in [0.2, 0.25) is 0 Å². The molecule has 0 fully saturated rings. The Labute approximate surface area is 118 Å². The molecular weight excluding hydrogens is 287 g/mol. The molecule has 2 aromatic rings. The van der Waals surface area contributed by atoms with Gasteiger partial charge in [-0.15, -0.1) is 0 Å². The zero-order valence-electron chi connectivity index (χ0n) is 11.4. The van der Waals surface area contributed by atoms with E-state index in [1.165, 1.54) is 7.11 Å². The van der Waals surface area contributed by atoms with Gasteiger partial charge in [-0.1, -0.05) is 13.3 Å². The van der Waals surface area contributed by atoms with Gasteiger partial charge in [-0.2, -0.15) is 0 Å². The SMILES string of the molecule is CCCc1nc(-c2ccc(F)c(F)c2F)oc1C(=O)OC. The highest BCUT2D eigenvalue weighted by Gasteiger charge is 2.24. The number of oxazole rings is 1. The molecule has 0 aliphatic carbocycles. The smallest absolute Gasteiger partial charge is 0.376 e. The van der Waals surface area contributed by atoms with Gasteiger partial charge in [0, 0.05) is 0 Å². The van der Waals surface area contributed by atoms with E-state index in [9.17, 15) is 18.0 Å². The molecule has 0 N–H and O–H groups in total. The van der Waals surface area contributed by atoms with Crippen molar-refractivity contribution >= 4 is 5.97 Å². The lowest BCUT2D eigenvalue weighted by Crippen LogP contribution is -2.03. The lowest BCUT2D eigenvalue weighted by Gasteiger charge is -2.00. The molecule has 0 radical (unpaired) electrons. The second-order valence-electron chi connectivity index (χ2n) is 4.26. The molecule has 0 spiro atoms. The number of carbonyl (C=O) groups is 1. The molecule has 1 heterocycles. The minimum Gasteiger partial charge on any atom is -0.463 e. The van der Waals surface area contributed by atoms with Crippen LogP contribution in [0.3, 0.4) is 0 Å². The van der Waals surface area contributed by atoms with Crippen LogP contribution in [0, 0.1) is 17.5 Å². The van der Waals surface area contributed by atoms with E-state index >= 15 is 0 Å². The van der Waals surface area contributed by atoms with Gasteiger partial charge in [0.1, 0.15) is 0 Å². The molecule has 21 heavy (non-hydrogen) atoms. The van der Waals surface area contributed by atoms with Gasteiger partial charge in [0.15, 0.2) is 17.5 Å². The summed E-state index contributed by atoms with van der Waals surface area (Å²) < 4.78 is 49.6. The number of nitrogens with zero attached hydrogens (tertiary/aromatic N) is 1. The summed E-state index contributed by atoms with van der Waals surface area (Å²) in [6.45, 7) is 1.85. The van der Waals surface area contributed by atoms with Crippen LogP contribution in [-0.4, -0.2) is 18.1 Å². The minimum atomic E-state index is -1.62. The predicted molar refractivity (Wildman–Crippen MR) is 67.1 cm³/mol. The number of carbonyl (C=O) groups excluding carboxylic acids is 1. The Kier molecular flexibility index (Phi) is 4.30. The zero-order valence-corrected chi connectivity index (χ0v) is 11.4. The molecule has 0 unspecified atom stereocenters. The van der Waals surface area contributed by atoms with Crippen LogP contribution in [0.4, 0.5) is 13.2 Å². The molecule has 1 aromatic heterocycles. The van der Waals surface area contributed by atoms with Crippen molar-refractivity contribution in [1.29, 1.82) is 0 Å². The second kappa shape index (κ2) is 5.99. The number of hydrogen-bond donors (Lipinski definition) is 0. The summed E-state index contributed by atoms with van der Waals surface area (Å²) in [6, 6.07) is 1.76. The molecule has 1 aromatic carbocycles. The summed E-state index contributed by atoms with van der Waals surface area (Å²) in [5.74, 6) is -5.59. The van der Waals surface area contributed by atoms with Gasteiger partial charge in [0.05, 0.1) is 18.4 Å². The van der Waals surface area contributed by atoms with Gasteiger partial charge in [-0.05, 0) is 18.6 Å². The number of aromatic nitrogens is 1. The molecule has 0 atom stereocenters. The molecule has 0 amide bonds. The molecule has 0 bridgehead atoms. The van der Waals surface area contributed by atoms with Gasteiger partial charge in [-0.3, -0.25) is 0 Å². The maximum absolute atomic E-state index is 13.7. The first kappa shape index (κ1) is 15.1. The normalized spacial score (nSPS) is 10.7. The molecular formula is C14H12F3NO3. The molecule has 4 nitrogen and oxygen atoms in total. The Balaban J connectivity index is 2.55. The van der Waals surface area contributed by atoms with Gasteiger partial charge in [0.2, 0.25) is 11.7 Å². The largest absolute Gasteiger partial charge is 0.463 e. The number of esters is 1. The van der Waals surface area contributed by atoms with Gasteiger partial charge < -0.3 is 9.15 Å². The number of ether oxygens (including phenoxy) is 1. The monoisotopic (exact) mass is 299 g/mol. The first-order chi connectivity index (χ1) is 9.99. The molecule has 0 saturated heterocycles. The number of hydrogen-bond acceptors (Lipinski definition) is 4. The van der Waals surface area contributed by atoms with Crippen molar-refractivity contribution in [3.05, 3.63) is 41.0 Å². The summed E-state index contributed by atoms with van der Waals surface area (Å²) in [4.78, 5) is 15.6. The van der Waals surface area contributed by atoms with Crippen molar-refractivity contribution in [2.75, 3.05) is 7.11 Å². The summed E-state index contributed by atoms with van der Waals surface area (Å²) in [5.41, 5.74) is -0.0788. The third kappa shape index (κ3) is 2.76. The van der Waals surface area contributed by atoms with E-state index in [2.05, 4.69) is 9.72 Å². The summed E-state index contributed by atoms with van der Waals surface area (Å²) in [5, 5.41) is 0. The van der Waals surface area contributed by atoms with Crippen LogP contribution in [0.1, 0.15) is 29.6 Å². The third-order valence-electron chi connectivity index (χ3n) is 2.82. The highest BCUT2D eigenvalue weighted by Crippen LogP contribution is 2.28. The third-order valence-corrected chi connectivity index (χ3v) is 2.82. The average molecular weight is 299 g/mol. The number of aryl methyl sites for hydroxylation is 1. The molecule has 0 aliphatic heterocycles. The maximum atomic E-state index is 13.7. The van der Waals surface area contributed by atoms with Crippen LogP contribution < -0.4 is 0 Å². The summed E-state index contributed by atoms with van der Waals surface area (Å²) in [7, 11) is 1.17. The number of benzene rings is 1. The minimum absolute atomic E-state index is 0.168. The predicted octanol–water partition coefficient (Wildman–Crippen LogP) is 3.50. The highest BCUT2D eigenvalue weighted by molar-refractivity contribution is 5.88. The Hall–Kier alpha value is -2.31. The second-order valence-corrected chi connectivity index (χ2v) is 4.26. The van der Waals surface area contributed by atoms with Gasteiger partial charge in [0.25, 0.3) is 0 Å². The van der Waals surface area contributed by atoms with Crippen molar-refractivity contribution in [3.63, 3.8) is 0 Å². The van der Waals surface area contributed by atoms with Gasteiger partial charge in [-0.25, -0.2) is 22.9 Å².